The predicted molar refractivity (Wildman–Crippen MR) is 73.4 cm³/mol. The largest absolute Gasteiger partial charge is 0.418 e. The standard InChI is InChI=1S/C13H14BrF3N2O/c1-12(5-2-6-18-12)11(20)19-10-4-3-8(14)7-9(10)13(15,16)17/h3-4,7,18H,2,5-6H2,1H3,(H,19,20). The number of carbonyl (C=O) groups excluding carboxylic acids is 1. The van der Waals surface area contributed by atoms with Crippen molar-refractivity contribution in [3.63, 3.8) is 0 Å². The van der Waals surface area contributed by atoms with Crippen LogP contribution < -0.4 is 10.6 Å². The molecule has 1 aromatic rings. The quantitative estimate of drug-likeness (QED) is 0.856. The Morgan fingerprint density at radius 2 is 2.15 bits per heavy atom. The Hall–Kier alpha value is -1.08. The lowest BCUT2D eigenvalue weighted by molar-refractivity contribution is -0.137. The lowest BCUT2D eigenvalue weighted by atomic mass is 9.99. The average molecular weight is 351 g/mol. The Morgan fingerprint density at radius 3 is 2.70 bits per heavy atom. The summed E-state index contributed by atoms with van der Waals surface area (Å²) in [6.07, 6.45) is -3.08. The van der Waals surface area contributed by atoms with Crippen LogP contribution in [0.5, 0.6) is 0 Å². The summed E-state index contributed by atoms with van der Waals surface area (Å²) in [5.41, 5.74) is -1.89. The fraction of sp³-hybridized carbons (Fsp3) is 0.462. The molecule has 1 heterocycles. The van der Waals surface area contributed by atoms with Crippen molar-refractivity contribution < 1.29 is 18.0 Å². The molecule has 20 heavy (non-hydrogen) atoms. The highest BCUT2D eigenvalue weighted by Crippen LogP contribution is 2.37. The minimum atomic E-state index is -4.52. The van der Waals surface area contributed by atoms with E-state index < -0.39 is 23.2 Å². The molecule has 0 aliphatic carbocycles. The molecule has 0 aromatic heterocycles. The van der Waals surface area contributed by atoms with E-state index in [1.54, 1.807) is 6.92 Å². The molecule has 1 aliphatic heterocycles. The summed E-state index contributed by atoms with van der Waals surface area (Å²) < 4.78 is 39.2. The second-order valence-electron chi connectivity index (χ2n) is 5.00. The molecule has 2 N–H and O–H groups in total. The van der Waals surface area contributed by atoms with Gasteiger partial charge in [-0.3, -0.25) is 4.79 Å². The van der Waals surface area contributed by atoms with Crippen molar-refractivity contribution in [1.29, 1.82) is 0 Å². The van der Waals surface area contributed by atoms with Crippen LogP contribution in [-0.2, 0) is 11.0 Å². The van der Waals surface area contributed by atoms with Gasteiger partial charge in [-0.2, -0.15) is 13.2 Å². The number of amides is 1. The van der Waals surface area contributed by atoms with Crippen molar-refractivity contribution in [2.24, 2.45) is 0 Å². The van der Waals surface area contributed by atoms with Crippen LogP contribution in [0.25, 0.3) is 0 Å². The van der Waals surface area contributed by atoms with E-state index in [0.29, 0.717) is 17.4 Å². The molecule has 1 unspecified atom stereocenters. The van der Waals surface area contributed by atoms with E-state index in [1.165, 1.54) is 12.1 Å². The molecule has 1 saturated heterocycles. The average Bonchev–Trinajstić information content (AvgIpc) is 2.78. The van der Waals surface area contributed by atoms with E-state index >= 15 is 0 Å². The topological polar surface area (TPSA) is 41.1 Å². The molecule has 2 rings (SSSR count). The summed E-state index contributed by atoms with van der Waals surface area (Å²) in [6, 6.07) is 3.68. The van der Waals surface area contributed by atoms with E-state index in [1.807, 2.05) is 0 Å². The third-order valence-corrected chi connectivity index (χ3v) is 3.90. The molecule has 3 nitrogen and oxygen atoms in total. The van der Waals surface area contributed by atoms with Crippen molar-refractivity contribution in [3.05, 3.63) is 28.2 Å². The van der Waals surface area contributed by atoms with Crippen LogP contribution >= 0.6 is 15.9 Å². The molecule has 1 aromatic carbocycles. The molecule has 110 valence electrons. The zero-order valence-electron chi connectivity index (χ0n) is 10.8. The Morgan fingerprint density at radius 1 is 1.45 bits per heavy atom. The van der Waals surface area contributed by atoms with E-state index in [2.05, 4.69) is 26.6 Å². The van der Waals surface area contributed by atoms with Crippen molar-refractivity contribution in [2.45, 2.75) is 31.5 Å². The zero-order chi connectivity index (χ0) is 15.0. The van der Waals surface area contributed by atoms with E-state index in [9.17, 15) is 18.0 Å². The number of benzene rings is 1. The summed E-state index contributed by atoms with van der Waals surface area (Å²) in [6.45, 7) is 2.39. The molecule has 7 heteroatoms. The SMILES string of the molecule is CC1(C(=O)Nc2ccc(Br)cc2C(F)(F)F)CCCN1. The van der Waals surface area contributed by atoms with Crippen LogP contribution in [0, 0.1) is 0 Å². The minimum Gasteiger partial charge on any atom is -0.324 e. The van der Waals surface area contributed by atoms with E-state index in [4.69, 9.17) is 0 Å². The highest BCUT2D eigenvalue weighted by Gasteiger charge is 2.38. The van der Waals surface area contributed by atoms with E-state index in [-0.39, 0.29) is 5.69 Å². The smallest absolute Gasteiger partial charge is 0.324 e. The summed E-state index contributed by atoms with van der Waals surface area (Å²) in [7, 11) is 0. The molecule has 1 amide bonds. The van der Waals surface area contributed by atoms with Gasteiger partial charge in [0.2, 0.25) is 5.91 Å². The molecular formula is C13H14BrF3N2O. The number of hydrogen-bond acceptors (Lipinski definition) is 2. The number of carbonyl (C=O) groups is 1. The third-order valence-electron chi connectivity index (χ3n) is 3.41. The van der Waals surface area contributed by atoms with Crippen LogP contribution in [-0.4, -0.2) is 18.0 Å². The van der Waals surface area contributed by atoms with Crippen molar-refractivity contribution in [2.75, 3.05) is 11.9 Å². The number of anilines is 1. The number of alkyl halides is 3. The van der Waals surface area contributed by atoms with Crippen molar-refractivity contribution in [3.8, 4) is 0 Å². The number of halogens is 4. The van der Waals surface area contributed by atoms with Crippen molar-refractivity contribution in [1.82, 2.24) is 5.32 Å². The van der Waals surface area contributed by atoms with Gasteiger partial charge in [-0.25, -0.2) is 0 Å². The monoisotopic (exact) mass is 350 g/mol. The number of rotatable bonds is 2. The third kappa shape index (κ3) is 3.15. The Labute approximate surface area is 123 Å². The van der Waals surface area contributed by atoms with Gasteiger partial charge in [0.05, 0.1) is 16.8 Å². The minimum absolute atomic E-state index is 0.222. The Kier molecular flexibility index (Phi) is 4.11. The number of hydrogen-bond donors (Lipinski definition) is 2. The first-order valence-corrected chi connectivity index (χ1v) is 6.95. The van der Waals surface area contributed by atoms with Gasteiger partial charge >= 0.3 is 6.18 Å². The maximum Gasteiger partial charge on any atom is 0.418 e. The van der Waals surface area contributed by atoms with Gasteiger partial charge in [0, 0.05) is 4.47 Å². The summed E-state index contributed by atoms with van der Waals surface area (Å²) in [4.78, 5) is 12.1. The first kappa shape index (κ1) is 15.3. The molecule has 1 aliphatic rings. The van der Waals surface area contributed by atoms with Crippen LogP contribution in [0.4, 0.5) is 18.9 Å². The van der Waals surface area contributed by atoms with Crippen LogP contribution in [0.3, 0.4) is 0 Å². The van der Waals surface area contributed by atoms with Crippen molar-refractivity contribution >= 4 is 27.5 Å². The Bertz CT molecular complexity index is 525. The fourth-order valence-corrected chi connectivity index (χ4v) is 2.57. The van der Waals surface area contributed by atoms with Crippen LogP contribution in [0.15, 0.2) is 22.7 Å². The summed E-state index contributed by atoms with van der Waals surface area (Å²) in [5, 5.41) is 5.40. The van der Waals surface area contributed by atoms with Crippen LogP contribution in [0.1, 0.15) is 25.3 Å². The molecule has 0 saturated carbocycles. The second kappa shape index (κ2) is 5.37. The maximum absolute atomic E-state index is 13.0. The lowest BCUT2D eigenvalue weighted by Crippen LogP contribution is -2.48. The molecule has 0 bridgehead atoms. The van der Waals surface area contributed by atoms with Gasteiger partial charge in [0.25, 0.3) is 0 Å². The Balaban J connectivity index is 2.27. The molecule has 1 fully saturated rings. The van der Waals surface area contributed by atoms with Gasteiger partial charge in [0.15, 0.2) is 0 Å². The molecule has 0 radical (unpaired) electrons. The second-order valence-corrected chi connectivity index (χ2v) is 5.92. The first-order chi connectivity index (χ1) is 9.22. The number of nitrogens with one attached hydrogen (secondary N) is 2. The van der Waals surface area contributed by atoms with E-state index in [0.717, 1.165) is 12.5 Å². The van der Waals surface area contributed by atoms with Gasteiger partial charge < -0.3 is 10.6 Å². The van der Waals surface area contributed by atoms with Gasteiger partial charge in [-0.05, 0) is 44.5 Å². The summed E-state index contributed by atoms with van der Waals surface area (Å²) >= 11 is 3.01. The van der Waals surface area contributed by atoms with Gasteiger partial charge in [-0.1, -0.05) is 15.9 Å². The normalized spacial score (nSPS) is 22.9. The highest BCUT2D eigenvalue weighted by atomic mass is 79.9. The first-order valence-electron chi connectivity index (χ1n) is 6.16. The predicted octanol–water partition coefficient (Wildman–Crippen LogP) is 3.55. The fourth-order valence-electron chi connectivity index (χ4n) is 2.21. The van der Waals surface area contributed by atoms with Gasteiger partial charge in [0.1, 0.15) is 0 Å². The summed E-state index contributed by atoms with van der Waals surface area (Å²) in [5.74, 6) is -0.442. The van der Waals surface area contributed by atoms with Gasteiger partial charge in [-0.15, -0.1) is 0 Å². The maximum atomic E-state index is 13.0. The van der Waals surface area contributed by atoms with Crippen LogP contribution in [0.2, 0.25) is 0 Å². The lowest BCUT2D eigenvalue weighted by Gasteiger charge is -2.24. The molecular weight excluding hydrogens is 337 g/mol. The highest BCUT2D eigenvalue weighted by molar-refractivity contribution is 9.10. The molecule has 1 atom stereocenters. The molecule has 0 spiro atoms. The zero-order valence-corrected chi connectivity index (χ0v) is 12.4.